The summed E-state index contributed by atoms with van der Waals surface area (Å²) in [5, 5.41) is 1.19. The highest BCUT2D eigenvalue weighted by atomic mass is 32.2. The van der Waals surface area contributed by atoms with Crippen molar-refractivity contribution in [3.8, 4) is 0 Å². The predicted octanol–water partition coefficient (Wildman–Crippen LogP) is 4.60. The Hall–Kier alpha value is -3.52. The Morgan fingerprint density at radius 3 is 2.94 bits per heavy atom. The Bertz CT molecular complexity index is 1390. The molecule has 1 atom stereocenters. The van der Waals surface area contributed by atoms with Crippen LogP contribution in [0.5, 0.6) is 0 Å². The highest BCUT2D eigenvalue weighted by Crippen LogP contribution is 2.30. The molecule has 0 saturated carbocycles. The topological polar surface area (TPSA) is 89.2 Å². The van der Waals surface area contributed by atoms with Crippen molar-refractivity contribution < 1.29 is 9.21 Å². The molecule has 1 saturated heterocycles. The molecule has 0 aliphatic carbocycles. The number of rotatable bonds is 5. The van der Waals surface area contributed by atoms with E-state index in [-0.39, 0.29) is 23.0 Å². The van der Waals surface area contributed by atoms with Crippen molar-refractivity contribution in [1.82, 2.24) is 19.9 Å². The quantitative estimate of drug-likeness (QED) is 0.310. The van der Waals surface area contributed by atoms with Gasteiger partial charge in [-0.05, 0) is 49.1 Å². The number of hydrogen-bond donors (Lipinski definition) is 0. The molecule has 0 N–H and O–H groups in total. The molecule has 3 aromatic heterocycles. The molecule has 1 aliphatic heterocycles. The molecule has 1 fully saturated rings. The van der Waals surface area contributed by atoms with Gasteiger partial charge in [-0.15, -0.1) is 0 Å². The lowest BCUT2D eigenvalue weighted by Gasteiger charge is -2.32. The van der Waals surface area contributed by atoms with Gasteiger partial charge in [0.15, 0.2) is 16.3 Å². The van der Waals surface area contributed by atoms with Gasteiger partial charge in [0.25, 0.3) is 5.91 Å². The molecule has 0 spiro atoms. The van der Waals surface area contributed by atoms with Crippen molar-refractivity contribution in [1.29, 1.82) is 0 Å². The monoisotopic (exact) mass is 472 g/mol. The summed E-state index contributed by atoms with van der Waals surface area (Å²) < 4.78 is 5.79. The van der Waals surface area contributed by atoms with Crippen LogP contribution in [0.4, 0.5) is 0 Å². The fourth-order valence-electron chi connectivity index (χ4n) is 4.30. The average Bonchev–Trinajstić information content (AvgIpc) is 2.88. The number of thioether (sulfide) groups is 1. The number of aryl methyl sites for hydroxylation is 1. The molecule has 0 radical (unpaired) electrons. The van der Waals surface area contributed by atoms with Crippen LogP contribution in [0.15, 0.2) is 75.4 Å². The Kier molecular flexibility index (Phi) is 6.40. The number of benzene rings is 1. The minimum Gasteiger partial charge on any atom is -0.451 e. The second-order valence-corrected chi connectivity index (χ2v) is 9.37. The van der Waals surface area contributed by atoms with Gasteiger partial charge in [0.1, 0.15) is 5.58 Å². The largest absolute Gasteiger partial charge is 0.451 e. The van der Waals surface area contributed by atoms with Crippen LogP contribution >= 0.6 is 11.8 Å². The molecule has 4 aromatic rings. The van der Waals surface area contributed by atoms with E-state index in [4.69, 9.17) is 9.40 Å². The van der Waals surface area contributed by atoms with E-state index >= 15 is 0 Å². The number of carbonyl (C=O) groups is 1. The van der Waals surface area contributed by atoms with Gasteiger partial charge in [0.2, 0.25) is 0 Å². The summed E-state index contributed by atoms with van der Waals surface area (Å²) in [5.41, 5.74) is 3.32. The van der Waals surface area contributed by atoms with E-state index in [1.54, 1.807) is 47.1 Å². The first-order valence-corrected chi connectivity index (χ1v) is 12.2. The smallest absolute Gasteiger partial charge is 0.289 e. The standard InChI is InChI=1S/C26H24N4O3S/c1-17-13-28-26(34-16-18-6-4-10-27-14-18)29-24(17)19-7-5-11-30(15-19)25(32)23-12-21(31)20-8-2-3-9-22(20)33-23/h2-4,6,8-10,12-14,19H,5,7,11,15-16H2,1H3/t19-/m1/s1. The van der Waals surface area contributed by atoms with Crippen molar-refractivity contribution in [3.05, 3.63) is 93.9 Å². The molecule has 4 heterocycles. The third-order valence-electron chi connectivity index (χ3n) is 6.02. The van der Waals surface area contributed by atoms with Crippen LogP contribution in [0.2, 0.25) is 0 Å². The SMILES string of the molecule is Cc1cnc(SCc2cccnc2)nc1[C@@H]1CCCN(C(=O)c2cc(=O)c3ccccc3o2)C1. The zero-order valence-corrected chi connectivity index (χ0v) is 19.6. The van der Waals surface area contributed by atoms with E-state index in [9.17, 15) is 9.59 Å². The fraction of sp³-hybridized carbons (Fsp3) is 0.269. The summed E-state index contributed by atoms with van der Waals surface area (Å²) in [4.78, 5) is 41.0. The molecule has 0 bridgehead atoms. The minimum absolute atomic E-state index is 0.0801. The molecule has 172 valence electrons. The van der Waals surface area contributed by atoms with Gasteiger partial charge in [-0.3, -0.25) is 14.6 Å². The maximum atomic E-state index is 13.2. The molecule has 7 nitrogen and oxygen atoms in total. The van der Waals surface area contributed by atoms with Crippen LogP contribution in [0.1, 0.15) is 46.1 Å². The number of carbonyl (C=O) groups excluding carboxylic acids is 1. The molecular weight excluding hydrogens is 448 g/mol. The van der Waals surface area contributed by atoms with Gasteiger partial charge in [0, 0.05) is 49.4 Å². The van der Waals surface area contributed by atoms with Crippen molar-refractivity contribution >= 4 is 28.6 Å². The van der Waals surface area contributed by atoms with Gasteiger partial charge in [0.05, 0.1) is 11.1 Å². The van der Waals surface area contributed by atoms with Crippen LogP contribution in [-0.4, -0.2) is 38.8 Å². The van der Waals surface area contributed by atoms with E-state index in [0.29, 0.717) is 29.2 Å². The Labute approximate surface area is 201 Å². The van der Waals surface area contributed by atoms with Crippen molar-refractivity contribution in [2.24, 2.45) is 0 Å². The summed E-state index contributed by atoms with van der Waals surface area (Å²) in [5.74, 6) is 0.666. The maximum absolute atomic E-state index is 13.2. The zero-order chi connectivity index (χ0) is 23.5. The summed E-state index contributed by atoms with van der Waals surface area (Å²) in [6.45, 7) is 3.16. The van der Waals surface area contributed by atoms with Gasteiger partial charge < -0.3 is 9.32 Å². The Morgan fingerprint density at radius 2 is 2.09 bits per heavy atom. The van der Waals surface area contributed by atoms with Gasteiger partial charge in [-0.1, -0.05) is 30.0 Å². The second kappa shape index (κ2) is 9.77. The average molecular weight is 473 g/mol. The number of amides is 1. The van der Waals surface area contributed by atoms with Crippen LogP contribution in [0, 0.1) is 6.92 Å². The van der Waals surface area contributed by atoms with Gasteiger partial charge in [-0.25, -0.2) is 9.97 Å². The van der Waals surface area contributed by atoms with E-state index < -0.39 is 0 Å². The third kappa shape index (κ3) is 4.72. The van der Waals surface area contributed by atoms with E-state index in [0.717, 1.165) is 35.4 Å². The summed E-state index contributed by atoms with van der Waals surface area (Å²) in [7, 11) is 0. The summed E-state index contributed by atoms with van der Waals surface area (Å²) >= 11 is 1.57. The lowest BCUT2D eigenvalue weighted by molar-refractivity contribution is 0.0673. The number of fused-ring (bicyclic) bond motifs is 1. The molecular formula is C26H24N4O3S. The predicted molar refractivity (Wildman–Crippen MR) is 131 cm³/mol. The number of nitrogens with zero attached hydrogens (tertiary/aromatic N) is 4. The molecule has 0 unspecified atom stereocenters. The summed E-state index contributed by atoms with van der Waals surface area (Å²) in [6.07, 6.45) is 7.26. The van der Waals surface area contributed by atoms with Crippen LogP contribution in [0.25, 0.3) is 11.0 Å². The molecule has 8 heteroatoms. The molecule has 1 aliphatic rings. The third-order valence-corrected chi connectivity index (χ3v) is 6.95. The van der Waals surface area contributed by atoms with E-state index in [1.165, 1.54) is 6.07 Å². The van der Waals surface area contributed by atoms with Gasteiger partial charge >= 0.3 is 0 Å². The maximum Gasteiger partial charge on any atom is 0.289 e. The van der Waals surface area contributed by atoms with Crippen molar-refractivity contribution in [2.75, 3.05) is 13.1 Å². The van der Waals surface area contributed by atoms with E-state index in [2.05, 4.69) is 9.97 Å². The number of aromatic nitrogens is 3. The number of piperidine rings is 1. The highest BCUT2D eigenvalue weighted by molar-refractivity contribution is 7.98. The van der Waals surface area contributed by atoms with Crippen LogP contribution in [0.3, 0.4) is 0 Å². The molecule has 1 aromatic carbocycles. The fourth-order valence-corrected chi connectivity index (χ4v) is 5.06. The number of hydrogen-bond acceptors (Lipinski definition) is 7. The van der Waals surface area contributed by atoms with Crippen LogP contribution in [-0.2, 0) is 5.75 Å². The molecule has 1 amide bonds. The summed E-state index contributed by atoms with van der Waals surface area (Å²) in [6, 6.07) is 12.2. The second-order valence-electron chi connectivity index (χ2n) is 8.43. The first-order chi connectivity index (χ1) is 16.6. The van der Waals surface area contributed by atoms with Crippen molar-refractivity contribution in [3.63, 3.8) is 0 Å². The number of pyridine rings is 1. The molecule has 5 rings (SSSR count). The minimum atomic E-state index is -0.259. The lowest BCUT2D eigenvalue weighted by atomic mass is 9.92. The Morgan fingerprint density at radius 1 is 1.21 bits per heavy atom. The Balaban J connectivity index is 1.34. The van der Waals surface area contributed by atoms with Gasteiger partial charge in [-0.2, -0.15) is 0 Å². The lowest BCUT2D eigenvalue weighted by Crippen LogP contribution is -2.39. The highest BCUT2D eigenvalue weighted by Gasteiger charge is 2.29. The first kappa shape index (κ1) is 22.3. The van der Waals surface area contributed by atoms with E-state index in [1.807, 2.05) is 31.5 Å². The molecule has 34 heavy (non-hydrogen) atoms. The zero-order valence-electron chi connectivity index (χ0n) is 18.8. The van der Waals surface area contributed by atoms with Crippen molar-refractivity contribution in [2.45, 2.75) is 36.6 Å². The number of likely N-dealkylation sites (tertiary alicyclic amines) is 1. The normalized spacial score (nSPS) is 16.0. The van der Waals surface area contributed by atoms with Crippen LogP contribution < -0.4 is 5.43 Å². The first-order valence-electron chi connectivity index (χ1n) is 11.3. The number of para-hydroxylation sites is 1.